The summed E-state index contributed by atoms with van der Waals surface area (Å²) in [4.78, 5) is 33.8. The van der Waals surface area contributed by atoms with Crippen molar-refractivity contribution in [1.82, 2.24) is 10.6 Å². The van der Waals surface area contributed by atoms with Gasteiger partial charge >= 0.3 is 5.97 Å². The molecule has 0 unspecified atom stereocenters. The number of ether oxygens (including phenoxy) is 1. The monoisotopic (exact) mass is 308 g/mol. The number of carboxylic acid groups (broad SMARTS) is 1. The van der Waals surface area contributed by atoms with E-state index in [0.717, 1.165) is 0 Å². The zero-order valence-corrected chi connectivity index (χ0v) is 12.6. The van der Waals surface area contributed by atoms with Gasteiger partial charge in [0.05, 0.1) is 6.61 Å². The van der Waals surface area contributed by atoms with Crippen LogP contribution in [0.1, 0.15) is 34.6 Å². The largest absolute Gasteiger partial charge is 0.480 e. The Morgan fingerprint density at radius 3 is 2.14 bits per heavy atom. The summed E-state index contributed by atoms with van der Waals surface area (Å²) in [5, 5.41) is 13.7. The molecule has 0 spiro atoms. The summed E-state index contributed by atoms with van der Waals surface area (Å²) in [5.74, 6) is -1.56. The molecule has 0 radical (unpaired) electrons. The minimum atomic E-state index is -1.05. The number of benzene rings is 1. The van der Waals surface area contributed by atoms with E-state index >= 15 is 0 Å². The zero-order chi connectivity index (χ0) is 16.5. The second-order valence-electron chi connectivity index (χ2n) is 4.91. The third kappa shape index (κ3) is 6.36. The summed E-state index contributed by atoms with van der Waals surface area (Å²) >= 11 is 0. The molecule has 0 saturated heterocycles. The Labute approximate surface area is 128 Å². The average Bonchev–Trinajstić information content (AvgIpc) is 2.45. The molecule has 0 fully saturated rings. The van der Waals surface area contributed by atoms with Crippen LogP contribution in [-0.4, -0.2) is 48.7 Å². The van der Waals surface area contributed by atoms with Crippen LogP contribution in [0, 0.1) is 0 Å². The number of hydrogen-bond donors (Lipinski definition) is 3. The molecule has 2 amide bonds. The van der Waals surface area contributed by atoms with E-state index in [0.29, 0.717) is 11.1 Å². The smallest absolute Gasteiger partial charge is 0.329 e. The van der Waals surface area contributed by atoms with Gasteiger partial charge in [-0.1, -0.05) is 0 Å². The lowest BCUT2D eigenvalue weighted by Gasteiger charge is -2.09. The van der Waals surface area contributed by atoms with Crippen molar-refractivity contribution in [3.63, 3.8) is 0 Å². The third-order valence-corrected chi connectivity index (χ3v) is 2.59. The van der Waals surface area contributed by atoms with E-state index in [4.69, 9.17) is 9.84 Å². The summed E-state index contributed by atoms with van der Waals surface area (Å²) in [7, 11) is 0. The normalized spacial score (nSPS) is 10.3. The van der Waals surface area contributed by atoms with Crippen LogP contribution in [0.2, 0.25) is 0 Å². The maximum Gasteiger partial charge on any atom is 0.329 e. The molecule has 0 saturated carbocycles. The number of carbonyl (C=O) groups excluding carboxylic acids is 2. The lowest BCUT2D eigenvalue weighted by Crippen LogP contribution is -2.30. The molecule has 0 aromatic heterocycles. The van der Waals surface area contributed by atoms with Gasteiger partial charge in [-0.3, -0.25) is 9.59 Å². The van der Waals surface area contributed by atoms with E-state index in [2.05, 4.69) is 10.6 Å². The highest BCUT2D eigenvalue weighted by Gasteiger charge is 2.09. The highest BCUT2D eigenvalue weighted by molar-refractivity contribution is 5.97. The van der Waals surface area contributed by atoms with Gasteiger partial charge in [0.25, 0.3) is 11.8 Å². The van der Waals surface area contributed by atoms with Crippen LogP contribution in [0.15, 0.2) is 24.3 Å². The minimum absolute atomic E-state index is 0.0428. The third-order valence-electron chi connectivity index (χ3n) is 2.59. The molecule has 3 N–H and O–H groups in total. The fourth-order valence-electron chi connectivity index (χ4n) is 1.62. The predicted octanol–water partition coefficient (Wildman–Crippen LogP) is 0.656. The Morgan fingerprint density at radius 1 is 1.09 bits per heavy atom. The second kappa shape index (κ2) is 8.78. The SMILES string of the molecule is CC(C)NC(=O)c1ccc(C(=O)NCCOCC(=O)O)cc1. The highest BCUT2D eigenvalue weighted by atomic mass is 16.5. The fraction of sp³-hybridized carbons (Fsp3) is 0.400. The van der Waals surface area contributed by atoms with Gasteiger partial charge < -0.3 is 20.5 Å². The molecule has 7 nitrogen and oxygen atoms in total. The fourth-order valence-corrected chi connectivity index (χ4v) is 1.62. The summed E-state index contributed by atoms with van der Waals surface area (Å²) < 4.78 is 4.80. The quantitative estimate of drug-likeness (QED) is 0.612. The molecule has 0 aliphatic heterocycles. The van der Waals surface area contributed by atoms with Crippen molar-refractivity contribution >= 4 is 17.8 Å². The van der Waals surface area contributed by atoms with E-state index in [1.165, 1.54) is 0 Å². The minimum Gasteiger partial charge on any atom is -0.480 e. The Bertz CT molecular complexity index is 525. The van der Waals surface area contributed by atoms with Crippen molar-refractivity contribution in [3.8, 4) is 0 Å². The van der Waals surface area contributed by atoms with Gasteiger partial charge in [-0.15, -0.1) is 0 Å². The number of aliphatic carboxylic acids is 1. The first-order valence-electron chi connectivity index (χ1n) is 6.89. The van der Waals surface area contributed by atoms with Crippen LogP contribution in [0.25, 0.3) is 0 Å². The van der Waals surface area contributed by atoms with E-state index in [-0.39, 0.29) is 31.0 Å². The predicted molar refractivity (Wildman–Crippen MR) is 79.8 cm³/mol. The molecule has 0 atom stereocenters. The summed E-state index contributed by atoms with van der Waals surface area (Å²) in [6.45, 7) is 3.67. The van der Waals surface area contributed by atoms with Gasteiger partial charge in [-0.2, -0.15) is 0 Å². The Kier molecular flexibility index (Phi) is 7.04. The second-order valence-corrected chi connectivity index (χ2v) is 4.91. The summed E-state index contributed by atoms with van der Waals surface area (Å²) in [6.07, 6.45) is 0. The van der Waals surface area contributed by atoms with E-state index in [1.54, 1.807) is 24.3 Å². The molecule has 7 heteroatoms. The molecule has 1 aromatic carbocycles. The van der Waals surface area contributed by atoms with Crippen molar-refractivity contribution < 1.29 is 24.2 Å². The molecule has 1 rings (SSSR count). The van der Waals surface area contributed by atoms with Crippen LogP contribution in [0.3, 0.4) is 0 Å². The average molecular weight is 308 g/mol. The van der Waals surface area contributed by atoms with Gasteiger partial charge in [0.1, 0.15) is 6.61 Å². The van der Waals surface area contributed by atoms with Crippen molar-refractivity contribution in [2.45, 2.75) is 19.9 Å². The van der Waals surface area contributed by atoms with E-state index in [1.807, 2.05) is 13.8 Å². The van der Waals surface area contributed by atoms with Gasteiger partial charge in [0.15, 0.2) is 0 Å². The molecular formula is C15H20N2O5. The van der Waals surface area contributed by atoms with Crippen molar-refractivity contribution in [3.05, 3.63) is 35.4 Å². The zero-order valence-electron chi connectivity index (χ0n) is 12.6. The summed E-state index contributed by atoms with van der Waals surface area (Å²) in [5.41, 5.74) is 0.898. The molecule has 0 aliphatic rings. The maximum absolute atomic E-state index is 11.8. The summed E-state index contributed by atoms with van der Waals surface area (Å²) in [6, 6.07) is 6.31. The van der Waals surface area contributed by atoms with Gasteiger partial charge in [-0.25, -0.2) is 4.79 Å². The number of amides is 2. The molecule has 0 heterocycles. The van der Waals surface area contributed by atoms with E-state index in [9.17, 15) is 14.4 Å². The number of carboxylic acids is 1. The highest BCUT2D eigenvalue weighted by Crippen LogP contribution is 2.05. The first-order chi connectivity index (χ1) is 10.4. The molecule has 1 aromatic rings. The van der Waals surface area contributed by atoms with Crippen LogP contribution in [0.5, 0.6) is 0 Å². The number of nitrogens with one attached hydrogen (secondary N) is 2. The lowest BCUT2D eigenvalue weighted by molar-refractivity contribution is -0.142. The van der Waals surface area contributed by atoms with Crippen molar-refractivity contribution in [2.75, 3.05) is 19.8 Å². The molecule has 120 valence electrons. The topological polar surface area (TPSA) is 105 Å². The number of carbonyl (C=O) groups is 3. The Morgan fingerprint density at radius 2 is 1.64 bits per heavy atom. The number of hydrogen-bond acceptors (Lipinski definition) is 4. The van der Waals surface area contributed by atoms with Crippen LogP contribution in [-0.2, 0) is 9.53 Å². The Balaban J connectivity index is 2.43. The van der Waals surface area contributed by atoms with Crippen LogP contribution in [0.4, 0.5) is 0 Å². The van der Waals surface area contributed by atoms with Crippen molar-refractivity contribution in [2.24, 2.45) is 0 Å². The Hall–Kier alpha value is -2.41. The maximum atomic E-state index is 11.8. The molecule has 0 bridgehead atoms. The lowest BCUT2D eigenvalue weighted by atomic mass is 10.1. The van der Waals surface area contributed by atoms with Gasteiger partial charge in [0, 0.05) is 23.7 Å². The molecule has 0 aliphatic carbocycles. The van der Waals surface area contributed by atoms with Crippen LogP contribution < -0.4 is 10.6 Å². The van der Waals surface area contributed by atoms with Crippen LogP contribution >= 0.6 is 0 Å². The first kappa shape index (κ1) is 17.6. The molecular weight excluding hydrogens is 288 g/mol. The van der Waals surface area contributed by atoms with Crippen molar-refractivity contribution in [1.29, 1.82) is 0 Å². The molecule has 22 heavy (non-hydrogen) atoms. The van der Waals surface area contributed by atoms with Gasteiger partial charge in [-0.05, 0) is 38.1 Å². The number of rotatable bonds is 8. The van der Waals surface area contributed by atoms with Gasteiger partial charge in [0.2, 0.25) is 0 Å². The van der Waals surface area contributed by atoms with E-state index < -0.39 is 12.6 Å². The standard InChI is InChI=1S/C15H20N2O5/c1-10(2)17-15(21)12-5-3-11(4-6-12)14(20)16-7-8-22-9-13(18)19/h3-6,10H,7-9H2,1-2H3,(H,16,20)(H,17,21)(H,18,19). The first-order valence-corrected chi connectivity index (χ1v) is 6.89.